The molecular weight excluding hydrogens is 362 g/mol. The molecule has 2 aromatic heterocycles. The second-order valence-corrected chi connectivity index (χ2v) is 6.22. The van der Waals surface area contributed by atoms with E-state index in [2.05, 4.69) is 31.2 Å². The van der Waals surface area contributed by atoms with E-state index in [1.807, 2.05) is 23.6 Å². The molecule has 0 spiro atoms. The quantitative estimate of drug-likeness (QED) is 0.732. The van der Waals surface area contributed by atoms with Gasteiger partial charge in [-0.05, 0) is 39.5 Å². The van der Waals surface area contributed by atoms with Crippen LogP contribution in [0.2, 0.25) is 5.02 Å². The maximum Gasteiger partial charge on any atom is 0.268 e. The molecule has 1 aromatic carbocycles. The van der Waals surface area contributed by atoms with Crippen LogP contribution < -0.4 is 10.9 Å². The highest BCUT2D eigenvalue weighted by molar-refractivity contribution is 9.10. The fraction of sp³-hybridized carbons (Fsp3) is 0.0769. The summed E-state index contributed by atoms with van der Waals surface area (Å²) in [6.45, 7) is 0.417. The number of hydrogen-bond acceptors (Lipinski definition) is 4. The minimum absolute atomic E-state index is 0.105. The smallest absolute Gasteiger partial charge is 0.268 e. The summed E-state index contributed by atoms with van der Waals surface area (Å²) >= 11 is 10.8. The highest BCUT2D eigenvalue weighted by Crippen LogP contribution is 2.30. The molecule has 0 atom stereocenters. The minimum Gasteiger partial charge on any atom is -0.377 e. The first-order chi connectivity index (χ1) is 9.65. The van der Waals surface area contributed by atoms with Gasteiger partial charge in [-0.2, -0.15) is 0 Å². The average Bonchev–Trinajstić information content (AvgIpc) is 2.89. The van der Waals surface area contributed by atoms with Crippen molar-refractivity contribution in [3.05, 3.63) is 55.3 Å². The van der Waals surface area contributed by atoms with Gasteiger partial charge in [0.15, 0.2) is 0 Å². The van der Waals surface area contributed by atoms with Crippen LogP contribution in [0.3, 0.4) is 0 Å². The van der Waals surface area contributed by atoms with Gasteiger partial charge in [-0.25, -0.2) is 4.98 Å². The number of benzene rings is 1. The number of anilines is 1. The fourth-order valence-corrected chi connectivity index (χ4v) is 3.13. The fourth-order valence-electron chi connectivity index (χ4n) is 1.82. The summed E-state index contributed by atoms with van der Waals surface area (Å²) in [5.74, 6) is 0.591. The van der Waals surface area contributed by atoms with Crippen molar-refractivity contribution in [2.45, 2.75) is 6.54 Å². The Labute approximate surface area is 131 Å². The van der Waals surface area contributed by atoms with Crippen molar-refractivity contribution in [3.63, 3.8) is 0 Å². The molecule has 102 valence electrons. The van der Waals surface area contributed by atoms with E-state index in [1.165, 1.54) is 11.3 Å². The molecule has 7 heteroatoms. The van der Waals surface area contributed by atoms with Gasteiger partial charge < -0.3 is 10.3 Å². The maximum atomic E-state index is 11.8. The van der Waals surface area contributed by atoms with Gasteiger partial charge in [0.2, 0.25) is 0 Å². The Bertz CT molecular complexity index is 830. The zero-order valence-corrected chi connectivity index (χ0v) is 13.3. The summed E-state index contributed by atoms with van der Waals surface area (Å²) in [7, 11) is 0. The second kappa shape index (κ2) is 5.55. The molecule has 0 amide bonds. The predicted molar refractivity (Wildman–Crippen MR) is 86.7 cm³/mol. The van der Waals surface area contributed by atoms with Crippen molar-refractivity contribution in [1.82, 2.24) is 9.97 Å². The highest BCUT2D eigenvalue weighted by Gasteiger charge is 2.07. The Morgan fingerprint density at radius 3 is 3.10 bits per heavy atom. The van der Waals surface area contributed by atoms with Gasteiger partial charge in [0.25, 0.3) is 5.56 Å². The zero-order chi connectivity index (χ0) is 14.1. The number of aromatic amines is 1. The molecule has 0 aliphatic rings. The first kappa shape index (κ1) is 13.6. The Hall–Kier alpha value is -1.37. The Balaban J connectivity index is 1.86. The van der Waals surface area contributed by atoms with Crippen LogP contribution in [0.5, 0.6) is 0 Å². The van der Waals surface area contributed by atoms with E-state index in [9.17, 15) is 4.79 Å². The number of thiophene rings is 1. The minimum atomic E-state index is -0.105. The number of fused-ring (bicyclic) bond motifs is 1. The van der Waals surface area contributed by atoms with E-state index in [-0.39, 0.29) is 5.56 Å². The molecule has 0 aliphatic heterocycles. The van der Waals surface area contributed by atoms with Gasteiger partial charge in [-0.15, -0.1) is 11.3 Å². The molecule has 2 N–H and O–H groups in total. The van der Waals surface area contributed by atoms with Crippen molar-refractivity contribution in [2.24, 2.45) is 0 Å². The molecule has 20 heavy (non-hydrogen) atoms. The number of H-pyrrole nitrogens is 1. The predicted octanol–water partition coefficient (Wildman–Crippen LogP) is 4.01. The molecule has 0 saturated carbocycles. The van der Waals surface area contributed by atoms with E-state index in [1.54, 1.807) is 6.07 Å². The SMILES string of the molecule is O=c1[nH]c(CNc2cccc(Cl)c2Br)nc2ccsc12. The van der Waals surface area contributed by atoms with Crippen LogP contribution in [0.4, 0.5) is 5.69 Å². The summed E-state index contributed by atoms with van der Waals surface area (Å²) in [4.78, 5) is 19.0. The van der Waals surface area contributed by atoms with Crippen molar-refractivity contribution < 1.29 is 0 Å². The summed E-state index contributed by atoms with van der Waals surface area (Å²) in [6, 6.07) is 7.40. The largest absolute Gasteiger partial charge is 0.377 e. The zero-order valence-electron chi connectivity index (χ0n) is 10.1. The number of halogens is 2. The first-order valence-electron chi connectivity index (χ1n) is 5.79. The van der Waals surface area contributed by atoms with Crippen LogP contribution in [0.25, 0.3) is 10.2 Å². The maximum absolute atomic E-state index is 11.8. The molecule has 3 aromatic rings. The average molecular weight is 371 g/mol. The van der Waals surface area contributed by atoms with Crippen LogP contribution in [-0.2, 0) is 6.54 Å². The third-order valence-corrected chi connectivity index (χ3v) is 5.06. The van der Waals surface area contributed by atoms with Gasteiger partial charge >= 0.3 is 0 Å². The van der Waals surface area contributed by atoms with Crippen LogP contribution >= 0.6 is 38.9 Å². The molecule has 0 radical (unpaired) electrons. The summed E-state index contributed by atoms with van der Waals surface area (Å²) in [5.41, 5.74) is 1.47. The molecule has 0 fully saturated rings. The van der Waals surface area contributed by atoms with E-state index < -0.39 is 0 Å². The van der Waals surface area contributed by atoms with Crippen LogP contribution in [0, 0.1) is 0 Å². The summed E-state index contributed by atoms with van der Waals surface area (Å²) in [5, 5.41) is 5.68. The van der Waals surface area contributed by atoms with E-state index in [4.69, 9.17) is 11.6 Å². The molecular formula is C13H9BrClN3OS. The molecule has 2 heterocycles. The molecule has 4 nitrogen and oxygen atoms in total. The lowest BCUT2D eigenvalue weighted by Gasteiger charge is -2.09. The third-order valence-electron chi connectivity index (χ3n) is 2.76. The molecule has 0 unspecified atom stereocenters. The Morgan fingerprint density at radius 1 is 1.40 bits per heavy atom. The standard InChI is InChI=1S/C13H9BrClN3OS/c14-11-7(15)2-1-3-8(11)16-6-10-17-9-4-5-20-12(9)13(19)18-10/h1-5,16H,6H2,(H,17,18,19). The Morgan fingerprint density at radius 2 is 2.25 bits per heavy atom. The first-order valence-corrected chi connectivity index (χ1v) is 7.84. The summed E-state index contributed by atoms with van der Waals surface area (Å²) < 4.78 is 1.44. The van der Waals surface area contributed by atoms with Crippen LogP contribution in [-0.4, -0.2) is 9.97 Å². The normalized spacial score (nSPS) is 10.9. The number of hydrogen-bond donors (Lipinski definition) is 2. The Kier molecular flexibility index (Phi) is 3.78. The van der Waals surface area contributed by atoms with Crippen molar-refractivity contribution in [1.29, 1.82) is 0 Å². The third kappa shape index (κ3) is 2.59. The number of nitrogens with zero attached hydrogens (tertiary/aromatic N) is 1. The van der Waals surface area contributed by atoms with Crippen molar-refractivity contribution >= 4 is 54.8 Å². The molecule has 0 bridgehead atoms. The van der Waals surface area contributed by atoms with Crippen molar-refractivity contribution in [3.8, 4) is 0 Å². The second-order valence-electron chi connectivity index (χ2n) is 4.10. The van der Waals surface area contributed by atoms with E-state index >= 15 is 0 Å². The molecule has 3 rings (SSSR count). The summed E-state index contributed by atoms with van der Waals surface area (Å²) in [6.07, 6.45) is 0. The van der Waals surface area contributed by atoms with E-state index in [0.717, 1.165) is 15.7 Å². The van der Waals surface area contributed by atoms with Crippen molar-refractivity contribution in [2.75, 3.05) is 5.32 Å². The lowest BCUT2D eigenvalue weighted by molar-refractivity contribution is 0.955. The van der Waals surface area contributed by atoms with Gasteiger partial charge in [0.05, 0.1) is 27.2 Å². The lowest BCUT2D eigenvalue weighted by atomic mass is 10.3. The number of nitrogens with one attached hydrogen (secondary N) is 2. The number of rotatable bonds is 3. The van der Waals surface area contributed by atoms with Gasteiger partial charge in [0, 0.05) is 0 Å². The monoisotopic (exact) mass is 369 g/mol. The molecule has 0 aliphatic carbocycles. The topological polar surface area (TPSA) is 57.8 Å². The number of aromatic nitrogens is 2. The molecule has 0 saturated heterocycles. The van der Waals surface area contributed by atoms with E-state index in [0.29, 0.717) is 22.1 Å². The van der Waals surface area contributed by atoms with Gasteiger partial charge in [0.1, 0.15) is 10.5 Å². The van der Waals surface area contributed by atoms with Gasteiger partial charge in [-0.1, -0.05) is 17.7 Å². The highest BCUT2D eigenvalue weighted by atomic mass is 79.9. The van der Waals surface area contributed by atoms with Crippen LogP contribution in [0.15, 0.2) is 38.9 Å². The van der Waals surface area contributed by atoms with Gasteiger partial charge in [-0.3, -0.25) is 4.79 Å². The lowest BCUT2D eigenvalue weighted by Crippen LogP contribution is -2.13. The van der Waals surface area contributed by atoms with Crippen LogP contribution in [0.1, 0.15) is 5.82 Å².